The molecule has 7 heteroatoms. The smallest absolute Gasteiger partial charge is 0.306 e. The molecule has 3 rings (SSSR count). The molecular weight excluding hydrogens is 536 g/mol. The third-order valence-corrected chi connectivity index (χ3v) is 7.96. The van der Waals surface area contributed by atoms with Crippen LogP contribution in [-0.2, 0) is 28.8 Å². The molecule has 0 spiro atoms. The van der Waals surface area contributed by atoms with E-state index in [1.807, 2.05) is 12.1 Å². The molecule has 0 fully saturated rings. The third kappa shape index (κ3) is 12.4. The number of nitriles is 1. The van der Waals surface area contributed by atoms with Gasteiger partial charge in [-0.25, -0.2) is 0 Å². The number of halogens is 1. The molecule has 1 N–H and O–H groups in total. The van der Waals surface area contributed by atoms with Crippen LogP contribution in [0.2, 0.25) is 0 Å². The van der Waals surface area contributed by atoms with Gasteiger partial charge >= 0.3 is 5.97 Å². The molecule has 1 atom stereocenters. The molecule has 0 saturated carbocycles. The van der Waals surface area contributed by atoms with Crippen molar-refractivity contribution in [3.8, 4) is 11.8 Å². The number of aryl methyl sites for hydroxylation is 1. The normalized spacial score (nSPS) is 13.6. The lowest BCUT2D eigenvalue weighted by Gasteiger charge is -2.32. The van der Waals surface area contributed by atoms with Crippen molar-refractivity contribution in [3.05, 3.63) is 64.7 Å². The Kier molecular flexibility index (Phi) is 15.2. The van der Waals surface area contributed by atoms with E-state index >= 15 is 0 Å². The summed E-state index contributed by atoms with van der Waals surface area (Å²) in [5, 5.41) is 20.3. The number of nitrogens with zero attached hydrogens (tertiary/aromatic N) is 2. The van der Waals surface area contributed by atoms with Gasteiger partial charge in [0.1, 0.15) is 31.1 Å². The van der Waals surface area contributed by atoms with E-state index in [-0.39, 0.29) is 25.0 Å². The molecule has 1 aliphatic carbocycles. The van der Waals surface area contributed by atoms with E-state index in [4.69, 9.17) is 9.47 Å². The van der Waals surface area contributed by atoms with Crippen molar-refractivity contribution in [1.82, 2.24) is 0 Å². The molecule has 2 aromatic carbocycles. The minimum absolute atomic E-state index is 0. The third-order valence-electron chi connectivity index (χ3n) is 7.96. The molecule has 0 saturated heterocycles. The van der Waals surface area contributed by atoms with E-state index < -0.39 is 6.10 Å². The Morgan fingerprint density at radius 1 is 1.07 bits per heavy atom. The summed E-state index contributed by atoms with van der Waals surface area (Å²) in [7, 11) is 4.30. The summed E-state index contributed by atoms with van der Waals surface area (Å²) in [6.45, 7) is 4.37. The first-order valence-electron chi connectivity index (χ1n) is 15.2. The summed E-state index contributed by atoms with van der Waals surface area (Å²) in [4.78, 5) is 12.2. The standard InChI is InChI=1S/C34H49N2O4.ClH/c1-4-5-6-7-8-11-20-39-34(38)17-15-27-14-16-31(24-35)33(23-27)40-26-32(37)25-36(2,3)19-18-28-21-29-12-9-10-13-30(29)22-28;/h9-10,12-14,16,23,28,32,37H,4-8,11,15,17-22,25-26H2,1-3H3;1H/q+1;/t32-;/m1./s1. The molecular formula is C34H50ClN2O4+. The number of likely N-dealkylation sites (N-methyl/N-ethyl adjacent to an activating group) is 1. The van der Waals surface area contributed by atoms with Crippen LogP contribution < -0.4 is 4.74 Å². The van der Waals surface area contributed by atoms with Crippen LogP contribution in [0.25, 0.3) is 0 Å². The maximum absolute atomic E-state index is 12.2. The Morgan fingerprint density at radius 3 is 2.44 bits per heavy atom. The fraction of sp³-hybridized carbons (Fsp3) is 0.588. The lowest BCUT2D eigenvalue weighted by atomic mass is 10.0. The number of aliphatic hydroxyl groups excluding tert-OH is 1. The van der Waals surface area contributed by atoms with Gasteiger partial charge in [0.05, 0.1) is 32.8 Å². The lowest BCUT2D eigenvalue weighted by molar-refractivity contribution is -0.894. The van der Waals surface area contributed by atoms with E-state index in [1.165, 1.54) is 36.8 Å². The Hall–Kier alpha value is -2.59. The Morgan fingerprint density at radius 2 is 1.76 bits per heavy atom. The topological polar surface area (TPSA) is 79.6 Å². The highest BCUT2D eigenvalue weighted by atomic mass is 35.5. The van der Waals surface area contributed by atoms with Crippen LogP contribution in [0, 0.1) is 17.2 Å². The molecule has 2 aromatic rings. The van der Waals surface area contributed by atoms with Crippen molar-refractivity contribution >= 4 is 18.4 Å². The Balaban J connectivity index is 0.00000588. The molecule has 1 aliphatic rings. The van der Waals surface area contributed by atoms with E-state index in [2.05, 4.69) is 51.4 Å². The van der Waals surface area contributed by atoms with Gasteiger partial charge in [-0.15, -0.1) is 12.4 Å². The second-order valence-electron chi connectivity index (χ2n) is 12.1. The largest absolute Gasteiger partial charge is 0.489 e. The van der Waals surface area contributed by atoms with Crippen LogP contribution in [0.15, 0.2) is 42.5 Å². The number of hydrogen-bond donors (Lipinski definition) is 1. The van der Waals surface area contributed by atoms with Crippen LogP contribution in [0.3, 0.4) is 0 Å². The number of esters is 1. The van der Waals surface area contributed by atoms with Crippen LogP contribution >= 0.6 is 12.4 Å². The first-order valence-corrected chi connectivity index (χ1v) is 15.2. The van der Waals surface area contributed by atoms with Crippen molar-refractivity contribution < 1.29 is 23.9 Å². The highest BCUT2D eigenvalue weighted by Gasteiger charge is 2.26. The van der Waals surface area contributed by atoms with Gasteiger partial charge in [0.15, 0.2) is 0 Å². The second-order valence-corrected chi connectivity index (χ2v) is 12.1. The maximum Gasteiger partial charge on any atom is 0.306 e. The van der Waals surface area contributed by atoms with Crippen LogP contribution in [0.1, 0.15) is 80.5 Å². The Bertz CT molecular complexity index is 1090. The zero-order chi connectivity index (χ0) is 28.8. The first kappa shape index (κ1) is 34.6. The monoisotopic (exact) mass is 585 g/mol. The summed E-state index contributed by atoms with van der Waals surface area (Å²) < 4.78 is 12.0. The number of unbranched alkanes of at least 4 members (excludes halogenated alkanes) is 5. The Labute approximate surface area is 253 Å². The second kappa shape index (κ2) is 18.1. The fourth-order valence-corrected chi connectivity index (χ4v) is 5.61. The summed E-state index contributed by atoms with van der Waals surface area (Å²) in [5.41, 5.74) is 4.29. The summed E-state index contributed by atoms with van der Waals surface area (Å²) in [6.07, 6.45) is 10.5. The quantitative estimate of drug-likeness (QED) is 0.124. The van der Waals surface area contributed by atoms with Crippen molar-refractivity contribution in [2.45, 2.75) is 83.7 Å². The number of hydrogen-bond acceptors (Lipinski definition) is 5. The number of fused-ring (bicyclic) bond motifs is 1. The number of rotatable bonds is 18. The summed E-state index contributed by atoms with van der Waals surface area (Å²) in [5.74, 6) is 0.919. The van der Waals surface area contributed by atoms with E-state index in [0.717, 1.165) is 44.2 Å². The average molecular weight is 586 g/mol. The molecule has 0 bridgehead atoms. The van der Waals surface area contributed by atoms with Crippen molar-refractivity contribution in [3.63, 3.8) is 0 Å². The van der Waals surface area contributed by atoms with Crippen LogP contribution in [0.5, 0.6) is 5.75 Å². The molecule has 0 amide bonds. The number of ether oxygens (including phenoxy) is 2. The molecule has 0 radical (unpaired) electrons. The molecule has 6 nitrogen and oxygen atoms in total. The molecule has 0 aromatic heterocycles. The van der Waals surface area contributed by atoms with Crippen molar-refractivity contribution in [2.24, 2.45) is 5.92 Å². The SMILES string of the molecule is CCCCCCCCOC(=O)CCc1ccc(C#N)c(OC[C@H](O)C[N+](C)(C)CCC2Cc3ccccc3C2)c1.Cl. The van der Waals surface area contributed by atoms with Crippen LogP contribution in [-0.4, -0.2) is 62.1 Å². The van der Waals surface area contributed by atoms with E-state index in [1.54, 1.807) is 6.07 Å². The first-order chi connectivity index (χ1) is 19.3. The zero-order valence-electron chi connectivity index (χ0n) is 25.3. The number of aliphatic hydroxyl groups is 1. The summed E-state index contributed by atoms with van der Waals surface area (Å²) >= 11 is 0. The molecule has 226 valence electrons. The number of quaternary nitrogens is 1. The predicted octanol–water partition coefficient (Wildman–Crippen LogP) is 6.44. The molecule has 41 heavy (non-hydrogen) atoms. The summed E-state index contributed by atoms with van der Waals surface area (Å²) in [6, 6.07) is 16.3. The minimum Gasteiger partial charge on any atom is -0.489 e. The van der Waals surface area contributed by atoms with Crippen molar-refractivity contribution in [1.29, 1.82) is 5.26 Å². The van der Waals surface area contributed by atoms with E-state index in [9.17, 15) is 15.2 Å². The number of carbonyl (C=O) groups excluding carboxylic acids is 1. The highest BCUT2D eigenvalue weighted by molar-refractivity contribution is 5.85. The predicted molar refractivity (Wildman–Crippen MR) is 166 cm³/mol. The van der Waals surface area contributed by atoms with Gasteiger partial charge in [0.2, 0.25) is 0 Å². The van der Waals surface area contributed by atoms with Crippen molar-refractivity contribution in [2.75, 3.05) is 40.4 Å². The van der Waals surface area contributed by atoms with Gasteiger partial charge in [-0.1, -0.05) is 69.4 Å². The van der Waals surface area contributed by atoms with Gasteiger partial charge in [0, 0.05) is 12.8 Å². The highest BCUT2D eigenvalue weighted by Crippen LogP contribution is 2.29. The van der Waals surface area contributed by atoms with Gasteiger partial charge in [0.25, 0.3) is 0 Å². The average Bonchev–Trinajstić information content (AvgIpc) is 3.36. The molecule has 0 unspecified atom stereocenters. The number of benzene rings is 2. The van der Waals surface area contributed by atoms with Gasteiger partial charge in [-0.2, -0.15) is 5.26 Å². The maximum atomic E-state index is 12.2. The van der Waals surface area contributed by atoms with E-state index in [0.29, 0.717) is 47.7 Å². The van der Waals surface area contributed by atoms with Gasteiger partial charge < -0.3 is 19.1 Å². The molecule has 0 heterocycles. The van der Waals surface area contributed by atoms with Crippen LogP contribution in [0.4, 0.5) is 0 Å². The van der Waals surface area contributed by atoms with Gasteiger partial charge in [-0.05, 0) is 60.4 Å². The minimum atomic E-state index is -0.650. The van der Waals surface area contributed by atoms with Gasteiger partial charge in [-0.3, -0.25) is 4.79 Å². The lowest BCUT2D eigenvalue weighted by Crippen LogP contribution is -2.48. The fourth-order valence-electron chi connectivity index (χ4n) is 5.61. The number of carbonyl (C=O) groups is 1. The zero-order valence-corrected chi connectivity index (χ0v) is 26.1. The molecule has 0 aliphatic heterocycles.